The van der Waals surface area contributed by atoms with Crippen molar-refractivity contribution in [2.24, 2.45) is 0 Å². The van der Waals surface area contributed by atoms with Crippen LogP contribution in [0.4, 0.5) is 0 Å². The van der Waals surface area contributed by atoms with E-state index >= 15 is 0 Å². The standard InChI is InChI=1S/C12H14N2O2/c1-3-14(2)12(16)11-7-10(5-4-6-15)8-13-9-11/h7-9,15H,3,6H2,1-2H3. The molecule has 0 aromatic carbocycles. The molecule has 0 atom stereocenters. The smallest absolute Gasteiger partial charge is 0.255 e. The summed E-state index contributed by atoms with van der Waals surface area (Å²) in [6, 6.07) is 1.67. The van der Waals surface area contributed by atoms with Crippen LogP contribution in [0.3, 0.4) is 0 Å². The Bertz CT molecular complexity index is 432. The second-order valence-electron chi connectivity index (χ2n) is 3.24. The highest BCUT2D eigenvalue weighted by atomic mass is 16.2. The molecule has 16 heavy (non-hydrogen) atoms. The van der Waals surface area contributed by atoms with Gasteiger partial charge in [-0.05, 0) is 13.0 Å². The lowest BCUT2D eigenvalue weighted by molar-refractivity contribution is 0.0802. The SMILES string of the molecule is CCN(C)C(=O)c1cncc(C#CCO)c1. The summed E-state index contributed by atoms with van der Waals surface area (Å²) >= 11 is 0. The minimum absolute atomic E-state index is 0.0809. The molecule has 1 aromatic heterocycles. The van der Waals surface area contributed by atoms with E-state index < -0.39 is 0 Å². The van der Waals surface area contributed by atoms with E-state index in [1.54, 1.807) is 24.2 Å². The fraction of sp³-hybridized carbons (Fsp3) is 0.333. The number of carbonyl (C=O) groups is 1. The molecule has 0 unspecified atom stereocenters. The lowest BCUT2D eigenvalue weighted by atomic mass is 10.2. The molecule has 0 radical (unpaired) electrons. The number of rotatable bonds is 2. The summed E-state index contributed by atoms with van der Waals surface area (Å²) in [5.41, 5.74) is 1.14. The number of aliphatic hydroxyl groups excluding tert-OH is 1. The van der Waals surface area contributed by atoms with E-state index in [9.17, 15) is 4.79 Å². The van der Waals surface area contributed by atoms with Crippen molar-refractivity contribution in [3.8, 4) is 11.8 Å². The van der Waals surface area contributed by atoms with E-state index in [-0.39, 0.29) is 12.5 Å². The summed E-state index contributed by atoms with van der Waals surface area (Å²) in [5, 5.41) is 8.56. The van der Waals surface area contributed by atoms with E-state index in [2.05, 4.69) is 16.8 Å². The predicted octanol–water partition coefficient (Wildman–Crippen LogP) is 0.517. The second kappa shape index (κ2) is 5.89. The largest absolute Gasteiger partial charge is 0.384 e. The first-order valence-corrected chi connectivity index (χ1v) is 4.99. The van der Waals surface area contributed by atoms with Crippen molar-refractivity contribution in [2.75, 3.05) is 20.2 Å². The van der Waals surface area contributed by atoms with Crippen LogP contribution in [-0.4, -0.2) is 41.1 Å². The molecule has 0 saturated heterocycles. The van der Waals surface area contributed by atoms with Crippen LogP contribution in [0.25, 0.3) is 0 Å². The molecular formula is C12H14N2O2. The van der Waals surface area contributed by atoms with Gasteiger partial charge in [-0.3, -0.25) is 9.78 Å². The Morgan fingerprint density at radius 1 is 1.56 bits per heavy atom. The lowest BCUT2D eigenvalue weighted by Crippen LogP contribution is -2.26. The molecule has 0 bridgehead atoms. The normalized spacial score (nSPS) is 9.19. The first-order valence-electron chi connectivity index (χ1n) is 4.99. The molecule has 0 aliphatic rings. The zero-order valence-corrected chi connectivity index (χ0v) is 9.40. The number of pyridine rings is 1. The summed E-state index contributed by atoms with van der Waals surface area (Å²) in [7, 11) is 1.73. The van der Waals surface area contributed by atoms with Gasteiger partial charge in [0.2, 0.25) is 0 Å². The average Bonchev–Trinajstić information content (AvgIpc) is 2.34. The fourth-order valence-corrected chi connectivity index (χ4v) is 1.13. The molecule has 1 N–H and O–H groups in total. The highest BCUT2D eigenvalue weighted by Crippen LogP contribution is 2.04. The first-order chi connectivity index (χ1) is 7.69. The Hall–Kier alpha value is -1.86. The molecule has 0 fully saturated rings. The van der Waals surface area contributed by atoms with Crippen molar-refractivity contribution in [3.63, 3.8) is 0 Å². The Morgan fingerprint density at radius 2 is 2.31 bits per heavy atom. The van der Waals surface area contributed by atoms with Gasteiger partial charge >= 0.3 is 0 Å². The molecule has 0 spiro atoms. The van der Waals surface area contributed by atoms with Gasteiger partial charge in [-0.25, -0.2) is 0 Å². The molecule has 4 nitrogen and oxygen atoms in total. The number of carbonyl (C=O) groups excluding carboxylic acids is 1. The summed E-state index contributed by atoms with van der Waals surface area (Å²) in [4.78, 5) is 17.3. The number of amides is 1. The average molecular weight is 218 g/mol. The third-order valence-corrected chi connectivity index (χ3v) is 2.12. The van der Waals surface area contributed by atoms with Crippen LogP contribution >= 0.6 is 0 Å². The van der Waals surface area contributed by atoms with E-state index in [1.807, 2.05) is 6.92 Å². The van der Waals surface area contributed by atoms with E-state index in [0.717, 1.165) is 0 Å². The van der Waals surface area contributed by atoms with E-state index in [0.29, 0.717) is 17.7 Å². The van der Waals surface area contributed by atoms with Crippen molar-refractivity contribution >= 4 is 5.91 Å². The van der Waals surface area contributed by atoms with Crippen molar-refractivity contribution in [1.29, 1.82) is 0 Å². The second-order valence-corrected chi connectivity index (χ2v) is 3.24. The van der Waals surface area contributed by atoms with Crippen LogP contribution in [0.5, 0.6) is 0 Å². The van der Waals surface area contributed by atoms with E-state index in [4.69, 9.17) is 5.11 Å². The van der Waals surface area contributed by atoms with Crippen molar-refractivity contribution in [2.45, 2.75) is 6.92 Å². The van der Waals surface area contributed by atoms with Gasteiger partial charge in [0.1, 0.15) is 6.61 Å². The van der Waals surface area contributed by atoms with Gasteiger partial charge in [0.05, 0.1) is 5.56 Å². The summed E-state index contributed by atoms with van der Waals surface area (Å²) in [6.07, 6.45) is 3.07. The van der Waals surface area contributed by atoms with Crippen LogP contribution in [-0.2, 0) is 0 Å². The zero-order valence-electron chi connectivity index (χ0n) is 9.40. The molecular weight excluding hydrogens is 204 g/mol. The highest BCUT2D eigenvalue weighted by Gasteiger charge is 2.10. The fourth-order valence-electron chi connectivity index (χ4n) is 1.13. The van der Waals surface area contributed by atoms with Crippen LogP contribution in [0.1, 0.15) is 22.8 Å². The Kier molecular flexibility index (Phi) is 4.49. The summed E-state index contributed by atoms with van der Waals surface area (Å²) in [5.74, 6) is 5.15. The van der Waals surface area contributed by atoms with Crippen LogP contribution < -0.4 is 0 Å². The maximum atomic E-state index is 11.8. The maximum absolute atomic E-state index is 11.8. The van der Waals surface area contributed by atoms with Crippen molar-refractivity contribution in [3.05, 3.63) is 29.6 Å². The Morgan fingerprint density at radius 3 is 2.94 bits per heavy atom. The molecule has 0 aliphatic carbocycles. The molecule has 0 aliphatic heterocycles. The van der Waals surface area contributed by atoms with Crippen LogP contribution in [0, 0.1) is 11.8 Å². The minimum Gasteiger partial charge on any atom is -0.384 e. The lowest BCUT2D eigenvalue weighted by Gasteiger charge is -2.13. The molecule has 84 valence electrons. The third-order valence-electron chi connectivity index (χ3n) is 2.12. The van der Waals surface area contributed by atoms with E-state index in [1.165, 1.54) is 6.20 Å². The number of aromatic nitrogens is 1. The highest BCUT2D eigenvalue weighted by molar-refractivity contribution is 5.94. The quantitative estimate of drug-likeness (QED) is 0.736. The number of nitrogens with zero attached hydrogens (tertiary/aromatic N) is 2. The van der Waals surface area contributed by atoms with Gasteiger partial charge in [0.25, 0.3) is 5.91 Å². The molecule has 1 aromatic rings. The van der Waals surface area contributed by atoms with Crippen LogP contribution in [0.15, 0.2) is 18.5 Å². The number of hydrogen-bond donors (Lipinski definition) is 1. The minimum atomic E-state index is -0.201. The molecule has 4 heteroatoms. The summed E-state index contributed by atoms with van der Waals surface area (Å²) in [6.45, 7) is 2.35. The number of hydrogen-bond acceptors (Lipinski definition) is 3. The van der Waals surface area contributed by atoms with Gasteiger partial charge < -0.3 is 10.0 Å². The first kappa shape index (κ1) is 12.2. The number of aliphatic hydroxyl groups is 1. The topological polar surface area (TPSA) is 53.4 Å². The zero-order chi connectivity index (χ0) is 12.0. The van der Waals surface area contributed by atoms with Crippen molar-refractivity contribution < 1.29 is 9.90 Å². The molecule has 0 saturated carbocycles. The van der Waals surface area contributed by atoms with Gasteiger partial charge in [-0.2, -0.15) is 0 Å². The monoisotopic (exact) mass is 218 g/mol. The molecule has 1 heterocycles. The van der Waals surface area contributed by atoms with Gasteiger partial charge in [0.15, 0.2) is 0 Å². The Labute approximate surface area is 94.9 Å². The molecule has 1 amide bonds. The van der Waals surface area contributed by atoms with Crippen molar-refractivity contribution in [1.82, 2.24) is 9.88 Å². The van der Waals surface area contributed by atoms with Gasteiger partial charge in [0, 0.05) is 31.5 Å². The maximum Gasteiger partial charge on any atom is 0.255 e. The third kappa shape index (κ3) is 3.07. The summed E-state index contributed by atoms with van der Waals surface area (Å²) < 4.78 is 0. The predicted molar refractivity (Wildman–Crippen MR) is 60.8 cm³/mol. The van der Waals surface area contributed by atoms with Crippen LogP contribution in [0.2, 0.25) is 0 Å². The Balaban J connectivity index is 2.94. The van der Waals surface area contributed by atoms with Gasteiger partial charge in [-0.15, -0.1) is 0 Å². The van der Waals surface area contributed by atoms with Gasteiger partial charge in [-0.1, -0.05) is 11.8 Å². The molecule has 1 rings (SSSR count).